The van der Waals surface area contributed by atoms with Gasteiger partial charge in [0.2, 0.25) is 0 Å². The van der Waals surface area contributed by atoms with Crippen molar-refractivity contribution in [3.05, 3.63) is 47.2 Å². The summed E-state index contributed by atoms with van der Waals surface area (Å²) in [4.78, 5) is 17.7. The lowest BCUT2D eigenvalue weighted by atomic mass is 10.2. The van der Waals surface area contributed by atoms with E-state index in [0.717, 1.165) is 0 Å². The molecule has 1 aliphatic heterocycles. The van der Waals surface area contributed by atoms with Gasteiger partial charge in [0.25, 0.3) is 5.91 Å². The van der Waals surface area contributed by atoms with Gasteiger partial charge in [0.1, 0.15) is 16.6 Å². The first-order valence-electron chi connectivity index (χ1n) is 5.37. The Kier molecular flexibility index (Phi) is 2.45. The van der Waals surface area contributed by atoms with Crippen molar-refractivity contribution in [1.82, 2.24) is 4.98 Å². The number of nitrogens with zero attached hydrogens (tertiary/aromatic N) is 2. The van der Waals surface area contributed by atoms with Crippen molar-refractivity contribution in [2.75, 3.05) is 11.9 Å². The normalized spacial score (nSPS) is 13.4. The first-order valence-corrected chi connectivity index (χ1v) is 5.75. The van der Waals surface area contributed by atoms with E-state index < -0.39 is 0 Å². The van der Waals surface area contributed by atoms with Gasteiger partial charge >= 0.3 is 0 Å². The summed E-state index contributed by atoms with van der Waals surface area (Å²) in [6.07, 6.45) is 1.53. The zero-order valence-electron chi connectivity index (χ0n) is 9.55. The Morgan fingerprint density at radius 2 is 2.06 bits per heavy atom. The molecule has 0 bridgehead atoms. The van der Waals surface area contributed by atoms with E-state index in [9.17, 15) is 4.79 Å². The molecule has 0 fully saturated rings. The molecule has 4 nitrogen and oxygen atoms in total. The molecule has 1 aliphatic rings. The molecule has 3 rings (SSSR count). The summed E-state index contributed by atoms with van der Waals surface area (Å²) in [5, 5.41) is 0.328. The van der Waals surface area contributed by atoms with Crippen LogP contribution in [-0.2, 0) is 0 Å². The molecule has 0 unspecified atom stereocenters. The van der Waals surface area contributed by atoms with Gasteiger partial charge in [-0.3, -0.25) is 4.79 Å². The third-order valence-corrected chi connectivity index (χ3v) is 3.02. The quantitative estimate of drug-likeness (QED) is 0.684. The van der Waals surface area contributed by atoms with Crippen molar-refractivity contribution >= 4 is 23.2 Å². The molecule has 1 amide bonds. The molecule has 0 spiro atoms. The van der Waals surface area contributed by atoms with Crippen LogP contribution in [0.4, 0.5) is 5.69 Å². The van der Waals surface area contributed by atoms with Crippen LogP contribution in [-0.4, -0.2) is 17.9 Å². The minimum absolute atomic E-state index is 0.131. The van der Waals surface area contributed by atoms with Gasteiger partial charge in [0.15, 0.2) is 5.75 Å². The van der Waals surface area contributed by atoms with E-state index in [-0.39, 0.29) is 5.91 Å². The zero-order chi connectivity index (χ0) is 12.7. The SMILES string of the molecule is CN1C(=O)c2ccccc2Oc2cc(Cl)ncc21. The number of para-hydroxylation sites is 1. The topological polar surface area (TPSA) is 42.4 Å². The lowest BCUT2D eigenvalue weighted by Gasteiger charge is -2.15. The van der Waals surface area contributed by atoms with Gasteiger partial charge in [-0.15, -0.1) is 0 Å². The number of hydrogen-bond acceptors (Lipinski definition) is 3. The summed E-state index contributed by atoms with van der Waals surface area (Å²) in [6.45, 7) is 0. The van der Waals surface area contributed by atoms with E-state index in [1.807, 2.05) is 6.07 Å². The van der Waals surface area contributed by atoms with Crippen LogP contribution in [0.5, 0.6) is 11.5 Å². The van der Waals surface area contributed by atoms with E-state index >= 15 is 0 Å². The first-order chi connectivity index (χ1) is 8.66. The minimum Gasteiger partial charge on any atom is -0.454 e. The van der Waals surface area contributed by atoms with Crippen molar-refractivity contribution in [2.45, 2.75) is 0 Å². The van der Waals surface area contributed by atoms with Crippen molar-refractivity contribution in [3.63, 3.8) is 0 Å². The highest BCUT2D eigenvalue weighted by molar-refractivity contribution is 6.29. The number of pyridine rings is 1. The van der Waals surface area contributed by atoms with Crippen LogP contribution < -0.4 is 9.64 Å². The van der Waals surface area contributed by atoms with Gasteiger partial charge in [-0.1, -0.05) is 23.7 Å². The lowest BCUT2D eigenvalue weighted by Crippen LogP contribution is -2.25. The molecule has 0 saturated carbocycles. The number of halogens is 1. The number of carbonyl (C=O) groups excluding carboxylic acids is 1. The second-order valence-corrected chi connectivity index (χ2v) is 4.32. The second-order valence-electron chi connectivity index (χ2n) is 3.94. The molecule has 1 aromatic carbocycles. The molecule has 0 N–H and O–H groups in total. The standard InChI is InChI=1S/C13H9ClN2O2/c1-16-9-7-15-12(14)6-11(9)18-10-5-3-2-4-8(10)13(16)17/h2-7H,1H3. The molecular formula is C13H9ClN2O2. The Labute approximate surface area is 109 Å². The number of benzene rings is 1. The van der Waals surface area contributed by atoms with Gasteiger partial charge in [0, 0.05) is 13.1 Å². The zero-order valence-corrected chi connectivity index (χ0v) is 10.3. The molecular weight excluding hydrogens is 252 g/mol. The molecule has 90 valence electrons. The van der Waals surface area contributed by atoms with Crippen molar-refractivity contribution < 1.29 is 9.53 Å². The largest absolute Gasteiger partial charge is 0.454 e. The number of fused-ring (bicyclic) bond motifs is 2. The fraction of sp³-hybridized carbons (Fsp3) is 0.0769. The van der Waals surface area contributed by atoms with Crippen LogP contribution in [0.15, 0.2) is 36.5 Å². The maximum atomic E-state index is 12.3. The number of aromatic nitrogens is 1. The summed E-state index contributed by atoms with van der Waals surface area (Å²) in [5.41, 5.74) is 1.12. The smallest absolute Gasteiger partial charge is 0.261 e. The minimum atomic E-state index is -0.131. The van der Waals surface area contributed by atoms with E-state index in [4.69, 9.17) is 16.3 Å². The molecule has 18 heavy (non-hydrogen) atoms. The number of hydrogen-bond donors (Lipinski definition) is 0. The van der Waals surface area contributed by atoms with Crippen LogP contribution in [0.25, 0.3) is 0 Å². The summed E-state index contributed by atoms with van der Waals surface area (Å²) < 4.78 is 5.74. The van der Waals surface area contributed by atoms with Gasteiger partial charge in [0.05, 0.1) is 11.8 Å². The van der Waals surface area contributed by atoms with Crippen molar-refractivity contribution in [1.29, 1.82) is 0 Å². The molecule has 0 atom stereocenters. The van der Waals surface area contributed by atoms with Gasteiger partial charge in [-0.05, 0) is 12.1 Å². The second kappa shape index (κ2) is 3.99. The van der Waals surface area contributed by atoms with Crippen molar-refractivity contribution in [3.8, 4) is 11.5 Å². The maximum absolute atomic E-state index is 12.3. The number of ether oxygens (including phenoxy) is 1. The molecule has 2 heterocycles. The van der Waals surface area contributed by atoms with E-state index in [1.54, 1.807) is 31.3 Å². The molecule has 5 heteroatoms. The maximum Gasteiger partial charge on any atom is 0.261 e. The van der Waals surface area contributed by atoms with E-state index in [0.29, 0.717) is 27.9 Å². The molecule has 0 saturated heterocycles. The third-order valence-electron chi connectivity index (χ3n) is 2.82. The lowest BCUT2D eigenvalue weighted by molar-refractivity contribution is 0.0993. The van der Waals surface area contributed by atoms with Crippen molar-refractivity contribution in [2.24, 2.45) is 0 Å². The van der Waals surface area contributed by atoms with Crippen LogP contribution in [0.1, 0.15) is 10.4 Å². The Bertz CT molecular complexity index is 643. The predicted molar refractivity (Wildman–Crippen MR) is 68.5 cm³/mol. The fourth-order valence-electron chi connectivity index (χ4n) is 1.88. The Balaban J connectivity index is 2.24. The highest BCUT2D eigenvalue weighted by Gasteiger charge is 2.25. The highest BCUT2D eigenvalue weighted by atomic mass is 35.5. The first kappa shape index (κ1) is 11.0. The Morgan fingerprint density at radius 1 is 1.28 bits per heavy atom. The van der Waals surface area contributed by atoms with Crippen LogP contribution in [0, 0.1) is 0 Å². The molecule has 2 aromatic rings. The van der Waals surface area contributed by atoms with Crippen LogP contribution >= 0.6 is 11.6 Å². The fourth-order valence-corrected chi connectivity index (χ4v) is 2.03. The average Bonchev–Trinajstić information content (AvgIpc) is 2.47. The summed E-state index contributed by atoms with van der Waals surface area (Å²) >= 11 is 5.85. The number of anilines is 1. The van der Waals surface area contributed by atoms with Crippen LogP contribution in [0.3, 0.4) is 0 Å². The summed E-state index contributed by atoms with van der Waals surface area (Å²) in [5.74, 6) is 0.916. The highest BCUT2D eigenvalue weighted by Crippen LogP contribution is 2.38. The summed E-state index contributed by atoms with van der Waals surface area (Å²) in [7, 11) is 1.68. The van der Waals surface area contributed by atoms with Crippen LogP contribution in [0.2, 0.25) is 5.15 Å². The van der Waals surface area contributed by atoms with Gasteiger partial charge < -0.3 is 9.64 Å². The summed E-state index contributed by atoms with van der Waals surface area (Å²) in [6, 6.07) is 8.71. The third kappa shape index (κ3) is 1.62. The average molecular weight is 261 g/mol. The van der Waals surface area contributed by atoms with E-state index in [1.165, 1.54) is 11.1 Å². The Morgan fingerprint density at radius 3 is 2.89 bits per heavy atom. The molecule has 1 aromatic heterocycles. The number of amides is 1. The number of carbonyl (C=O) groups is 1. The molecule has 0 aliphatic carbocycles. The van der Waals surface area contributed by atoms with Gasteiger partial charge in [-0.2, -0.15) is 0 Å². The Hall–Kier alpha value is -2.07. The molecule has 0 radical (unpaired) electrons. The predicted octanol–water partition coefficient (Wildman–Crippen LogP) is 3.12. The monoisotopic (exact) mass is 260 g/mol. The van der Waals surface area contributed by atoms with E-state index in [2.05, 4.69) is 4.98 Å². The number of rotatable bonds is 0. The van der Waals surface area contributed by atoms with Gasteiger partial charge in [-0.25, -0.2) is 4.98 Å².